The Hall–Kier alpha value is -1.40. The summed E-state index contributed by atoms with van der Waals surface area (Å²) in [5, 5.41) is 3.34. The first-order valence-corrected chi connectivity index (χ1v) is 10.2. The first-order valence-electron chi connectivity index (χ1n) is 8.69. The minimum Gasteiger partial charge on any atom is -0.378 e. The summed E-state index contributed by atoms with van der Waals surface area (Å²) in [6.07, 6.45) is 2.45. The van der Waals surface area contributed by atoms with Crippen molar-refractivity contribution in [2.75, 3.05) is 39.0 Å². The normalized spacial score (nSPS) is 17.8. The Morgan fingerprint density at radius 2 is 2.04 bits per heavy atom. The molecule has 0 spiro atoms. The van der Waals surface area contributed by atoms with Crippen molar-refractivity contribution in [3.63, 3.8) is 0 Å². The molecular formula is C18H29N3O2S. The lowest BCUT2D eigenvalue weighted by molar-refractivity contribution is 0.0264. The highest BCUT2D eigenvalue weighted by Gasteiger charge is 2.21. The molecule has 1 N–H and O–H groups in total. The van der Waals surface area contributed by atoms with Crippen LogP contribution in [0.15, 0.2) is 35.3 Å². The van der Waals surface area contributed by atoms with Crippen molar-refractivity contribution >= 4 is 16.8 Å². The van der Waals surface area contributed by atoms with E-state index in [4.69, 9.17) is 4.74 Å². The number of ether oxygens (including phenoxy) is 1. The SMILES string of the molecule is CCOC1CCN(C(=NC)NCCS(=O)Cc2ccccc2)CC1. The van der Waals surface area contributed by atoms with Crippen LogP contribution in [0.25, 0.3) is 0 Å². The van der Waals surface area contributed by atoms with E-state index in [1.807, 2.05) is 37.3 Å². The lowest BCUT2D eigenvalue weighted by Crippen LogP contribution is -2.47. The van der Waals surface area contributed by atoms with Crippen molar-refractivity contribution in [2.45, 2.75) is 31.6 Å². The van der Waals surface area contributed by atoms with Crippen LogP contribution in [0.3, 0.4) is 0 Å². The Morgan fingerprint density at radius 1 is 1.33 bits per heavy atom. The minimum atomic E-state index is -0.859. The van der Waals surface area contributed by atoms with Crippen molar-refractivity contribution in [3.8, 4) is 0 Å². The van der Waals surface area contributed by atoms with Gasteiger partial charge in [0.2, 0.25) is 0 Å². The molecule has 2 rings (SSSR count). The van der Waals surface area contributed by atoms with Crippen molar-refractivity contribution in [2.24, 2.45) is 4.99 Å². The number of rotatable bonds is 7. The predicted octanol–water partition coefficient (Wildman–Crippen LogP) is 2.01. The maximum absolute atomic E-state index is 12.2. The summed E-state index contributed by atoms with van der Waals surface area (Å²) in [4.78, 5) is 6.61. The van der Waals surface area contributed by atoms with E-state index in [2.05, 4.69) is 15.2 Å². The molecule has 1 aliphatic rings. The lowest BCUT2D eigenvalue weighted by Gasteiger charge is -2.34. The van der Waals surface area contributed by atoms with Gasteiger partial charge >= 0.3 is 0 Å². The predicted molar refractivity (Wildman–Crippen MR) is 101 cm³/mol. The van der Waals surface area contributed by atoms with E-state index < -0.39 is 10.8 Å². The average molecular weight is 352 g/mol. The molecule has 1 aromatic rings. The summed E-state index contributed by atoms with van der Waals surface area (Å²) in [6.45, 7) is 5.42. The second-order valence-electron chi connectivity index (χ2n) is 5.89. The summed E-state index contributed by atoms with van der Waals surface area (Å²) >= 11 is 0. The van der Waals surface area contributed by atoms with Crippen molar-refractivity contribution in [1.82, 2.24) is 10.2 Å². The van der Waals surface area contributed by atoms with Gasteiger partial charge in [-0.15, -0.1) is 0 Å². The number of likely N-dealkylation sites (tertiary alicyclic amines) is 1. The number of hydrogen-bond donors (Lipinski definition) is 1. The molecule has 0 bridgehead atoms. The fourth-order valence-corrected chi connectivity index (χ4v) is 3.95. The van der Waals surface area contributed by atoms with Crippen LogP contribution in [0.1, 0.15) is 25.3 Å². The Balaban J connectivity index is 1.69. The zero-order valence-electron chi connectivity index (χ0n) is 14.7. The third kappa shape index (κ3) is 6.24. The number of aliphatic imine (C=N–C) groups is 1. The zero-order chi connectivity index (χ0) is 17.2. The molecular weight excluding hydrogens is 322 g/mol. The van der Waals surface area contributed by atoms with E-state index in [0.717, 1.165) is 44.1 Å². The van der Waals surface area contributed by atoms with E-state index in [1.54, 1.807) is 7.05 Å². The summed E-state index contributed by atoms with van der Waals surface area (Å²) in [5.41, 5.74) is 1.12. The molecule has 24 heavy (non-hydrogen) atoms. The third-order valence-corrected chi connectivity index (χ3v) is 5.45. The zero-order valence-corrected chi connectivity index (χ0v) is 15.6. The van der Waals surface area contributed by atoms with Gasteiger partial charge in [-0.25, -0.2) is 0 Å². The van der Waals surface area contributed by atoms with E-state index in [0.29, 0.717) is 24.2 Å². The van der Waals surface area contributed by atoms with Crippen LogP contribution >= 0.6 is 0 Å². The second-order valence-corrected chi connectivity index (χ2v) is 7.47. The standard InChI is InChI=1S/C18H29N3O2S/c1-3-23-17-9-12-21(13-10-17)18(19-2)20-11-14-24(22)15-16-7-5-4-6-8-16/h4-8,17H,3,9-15H2,1-2H3,(H,19,20). The van der Waals surface area contributed by atoms with Gasteiger partial charge in [0, 0.05) is 55.6 Å². The van der Waals surface area contributed by atoms with E-state index in [-0.39, 0.29) is 0 Å². The molecule has 1 aromatic carbocycles. The molecule has 1 fully saturated rings. The minimum absolute atomic E-state index is 0.378. The fourth-order valence-electron chi connectivity index (χ4n) is 2.91. The van der Waals surface area contributed by atoms with Crippen LogP contribution in [0.5, 0.6) is 0 Å². The van der Waals surface area contributed by atoms with Gasteiger partial charge in [0.1, 0.15) is 0 Å². The Labute approximate surface area is 147 Å². The number of guanidine groups is 1. The van der Waals surface area contributed by atoms with Gasteiger partial charge in [0.25, 0.3) is 0 Å². The van der Waals surface area contributed by atoms with Crippen LogP contribution in [0.2, 0.25) is 0 Å². The molecule has 1 atom stereocenters. The van der Waals surface area contributed by atoms with Gasteiger partial charge in [0.15, 0.2) is 5.96 Å². The van der Waals surface area contributed by atoms with Crippen LogP contribution in [0.4, 0.5) is 0 Å². The number of piperidine rings is 1. The topological polar surface area (TPSA) is 53.9 Å². The maximum atomic E-state index is 12.2. The van der Waals surface area contributed by atoms with Gasteiger partial charge in [-0.1, -0.05) is 30.3 Å². The van der Waals surface area contributed by atoms with Gasteiger partial charge in [0.05, 0.1) is 6.10 Å². The molecule has 1 heterocycles. The maximum Gasteiger partial charge on any atom is 0.193 e. The van der Waals surface area contributed by atoms with Gasteiger partial charge in [-0.05, 0) is 25.3 Å². The Morgan fingerprint density at radius 3 is 2.67 bits per heavy atom. The Bertz CT molecular complexity index is 528. The smallest absolute Gasteiger partial charge is 0.193 e. The first-order chi connectivity index (χ1) is 11.7. The molecule has 1 saturated heterocycles. The molecule has 1 aliphatic heterocycles. The summed E-state index contributed by atoms with van der Waals surface area (Å²) < 4.78 is 17.9. The molecule has 0 aromatic heterocycles. The molecule has 5 nitrogen and oxygen atoms in total. The summed E-state index contributed by atoms with van der Waals surface area (Å²) in [7, 11) is 0.945. The molecule has 134 valence electrons. The highest BCUT2D eigenvalue weighted by Crippen LogP contribution is 2.13. The molecule has 0 amide bonds. The monoisotopic (exact) mass is 351 g/mol. The number of benzene rings is 1. The van der Waals surface area contributed by atoms with Crippen LogP contribution in [-0.4, -0.2) is 60.2 Å². The number of nitrogens with zero attached hydrogens (tertiary/aromatic N) is 2. The third-order valence-electron chi connectivity index (χ3n) is 4.14. The number of nitrogens with one attached hydrogen (secondary N) is 1. The van der Waals surface area contributed by atoms with Crippen LogP contribution in [-0.2, 0) is 21.3 Å². The van der Waals surface area contributed by atoms with Crippen molar-refractivity contribution in [3.05, 3.63) is 35.9 Å². The fraction of sp³-hybridized carbons (Fsp3) is 0.611. The van der Waals surface area contributed by atoms with E-state index in [9.17, 15) is 4.21 Å². The highest BCUT2D eigenvalue weighted by molar-refractivity contribution is 7.84. The highest BCUT2D eigenvalue weighted by atomic mass is 32.2. The van der Waals surface area contributed by atoms with Crippen LogP contribution < -0.4 is 5.32 Å². The number of hydrogen-bond acceptors (Lipinski definition) is 3. The molecule has 0 aliphatic carbocycles. The summed E-state index contributed by atoms with van der Waals surface area (Å²) in [5.74, 6) is 2.14. The first kappa shape index (κ1) is 18.9. The molecule has 0 radical (unpaired) electrons. The largest absolute Gasteiger partial charge is 0.378 e. The van der Waals surface area contributed by atoms with Gasteiger partial charge in [-0.3, -0.25) is 9.20 Å². The van der Waals surface area contributed by atoms with E-state index in [1.165, 1.54) is 0 Å². The van der Waals surface area contributed by atoms with Gasteiger partial charge in [-0.2, -0.15) is 0 Å². The average Bonchev–Trinajstić information content (AvgIpc) is 2.61. The van der Waals surface area contributed by atoms with Crippen molar-refractivity contribution < 1.29 is 8.95 Å². The molecule has 6 heteroatoms. The summed E-state index contributed by atoms with van der Waals surface area (Å²) in [6, 6.07) is 9.99. The Kier molecular flexibility index (Phi) is 8.25. The molecule has 0 saturated carbocycles. The second kappa shape index (κ2) is 10.5. The van der Waals surface area contributed by atoms with E-state index >= 15 is 0 Å². The quantitative estimate of drug-likeness (QED) is 0.603. The van der Waals surface area contributed by atoms with Crippen molar-refractivity contribution in [1.29, 1.82) is 0 Å². The van der Waals surface area contributed by atoms with Gasteiger partial charge < -0.3 is 15.0 Å². The lowest BCUT2D eigenvalue weighted by atomic mass is 10.1. The molecule has 1 unspecified atom stereocenters. The van der Waals surface area contributed by atoms with Crippen LogP contribution in [0, 0.1) is 0 Å².